The molecule has 0 aliphatic rings. The van der Waals surface area contributed by atoms with Crippen LogP contribution >= 0.6 is 24.8 Å². The van der Waals surface area contributed by atoms with Gasteiger partial charge in [-0.15, -0.1) is 24.8 Å². The first-order chi connectivity index (χ1) is 10.4. The van der Waals surface area contributed by atoms with Gasteiger partial charge in [-0.2, -0.15) is 0 Å². The third kappa shape index (κ3) is 5.96. The third-order valence-corrected chi connectivity index (χ3v) is 3.86. The zero-order chi connectivity index (χ0) is 16.2. The van der Waals surface area contributed by atoms with E-state index < -0.39 is 0 Å². The summed E-state index contributed by atoms with van der Waals surface area (Å²) in [5, 5.41) is 3.09. The lowest BCUT2D eigenvalue weighted by molar-refractivity contribution is -0.123. The zero-order valence-electron chi connectivity index (χ0n) is 14.5. The highest BCUT2D eigenvalue weighted by atomic mass is 35.5. The molecule has 1 atom stereocenters. The normalized spacial score (nSPS) is 13.0. The summed E-state index contributed by atoms with van der Waals surface area (Å²) >= 11 is 0. The Morgan fingerprint density at radius 1 is 1.33 bits per heavy atom. The van der Waals surface area contributed by atoms with Gasteiger partial charge in [0.1, 0.15) is 0 Å². The molecule has 0 spiro atoms. The van der Waals surface area contributed by atoms with Crippen molar-refractivity contribution in [1.29, 1.82) is 0 Å². The maximum absolute atomic E-state index is 12.2. The lowest BCUT2D eigenvalue weighted by atomic mass is 9.90. The minimum absolute atomic E-state index is 0. The number of imidazole rings is 1. The van der Waals surface area contributed by atoms with E-state index in [9.17, 15) is 4.79 Å². The largest absolute Gasteiger partial charge is 0.350 e. The quantitative estimate of drug-likeness (QED) is 0.781. The van der Waals surface area contributed by atoms with Gasteiger partial charge in [0, 0.05) is 25.0 Å². The molecule has 2 rings (SSSR count). The summed E-state index contributed by atoms with van der Waals surface area (Å²) in [6.07, 6.45) is 3.09. The van der Waals surface area contributed by atoms with E-state index in [4.69, 9.17) is 5.73 Å². The summed E-state index contributed by atoms with van der Waals surface area (Å²) in [6.45, 7) is 7.35. The van der Waals surface area contributed by atoms with Crippen molar-refractivity contribution in [1.82, 2.24) is 14.9 Å². The molecule has 0 aliphatic carbocycles. The van der Waals surface area contributed by atoms with Gasteiger partial charge in [0.05, 0.1) is 17.4 Å². The molecule has 24 heavy (non-hydrogen) atoms. The molecule has 7 heteroatoms. The maximum Gasteiger partial charge on any atom is 0.222 e. The van der Waals surface area contributed by atoms with Crippen molar-refractivity contribution >= 4 is 41.8 Å². The van der Waals surface area contributed by atoms with Crippen LogP contribution in [0.1, 0.15) is 33.6 Å². The minimum atomic E-state index is -0.331. The SMILES string of the molecule is CC(C)CC(C)(CN)NC(=O)CCn1cnc2ccccc21.Cl.Cl. The van der Waals surface area contributed by atoms with Crippen molar-refractivity contribution < 1.29 is 4.79 Å². The average molecular weight is 375 g/mol. The first-order valence-electron chi connectivity index (χ1n) is 7.84. The summed E-state index contributed by atoms with van der Waals surface area (Å²) in [5.74, 6) is 0.526. The summed E-state index contributed by atoms with van der Waals surface area (Å²) in [5.41, 5.74) is 7.52. The second-order valence-electron chi connectivity index (χ2n) is 6.59. The van der Waals surface area contributed by atoms with Crippen molar-refractivity contribution in [2.45, 2.75) is 45.7 Å². The number of halogens is 2. The summed E-state index contributed by atoms with van der Waals surface area (Å²) in [4.78, 5) is 16.6. The number of amides is 1. The molecule has 0 aliphatic heterocycles. The highest BCUT2D eigenvalue weighted by molar-refractivity contribution is 5.85. The summed E-state index contributed by atoms with van der Waals surface area (Å²) in [7, 11) is 0. The first kappa shape index (κ1) is 22.7. The number of carbonyl (C=O) groups is 1. The fourth-order valence-corrected chi connectivity index (χ4v) is 2.90. The van der Waals surface area contributed by atoms with E-state index in [2.05, 4.69) is 24.1 Å². The molecular formula is C17H28Cl2N4O. The Bertz CT molecular complexity index is 644. The number of nitrogens with zero attached hydrogens (tertiary/aromatic N) is 2. The monoisotopic (exact) mass is 374 g/mol. The zero-order valence-corrected chi connectivity index (χ0v) is 16.1. The Balaban J connectivity index is 0.00000264. The predicted octanol–water partition coefficient (Wildman–Crippen LogP) is 3.15. The molecule has 1 aromatic heterocycles. The highest BCUT2D eigenvalue weighted by Crippen LogP contribution is 2.16. The molecule has 0 saturated carbocycles. The Hall–Kier alpha value is -1.30. The van der Waals surface area contributed by atoms with Crippen LogP contribution in [-0.2, 0) is 11.3 Å². The van der Waals surface area contributed by atoms with Crippen LogP contribution < -0.4 is 11.1 Å². The van der Waals surface area contributed by atoms with Crippen LogP contribution in [-0.4, -0.2) is 27.5 Å². The Morgan fingerprint density at radius 3 is 2.62 bits per heavy atom. The number of rotatable bonds is 7. The van der Waals surface area contributed by atoms with E-state index in [1.807, 2.05) is 35.8 Å². The molecule has 3 N–H and O–H groups in total. The predicted molar refractivity (Wildman–Crippen MR) is 104 cm³/mol. The van der Waals surface area contributed by atoms with Crippen LogP contribution in [0.5, 0.6) is 0 Å². The number of fused-ring (bicyclic) bond motifs is 1. The second kappa shape index (κ2) is 9.87. The van der Waals surface area contributed by atoms with E-state index in [1.165, 1.54) is 0 Å². The molecule has 1 aromatic carbocycles. The number of nitrogens with one attached hydrogen (secondary N) is 1. The fourth-order valence-electron chi connectivity index (χ4n) is 2.90. The molecule has 1 unspecified atom stereocenters. The number of aromatic nitrogens is 2. The standard InChI is InChI=1S/C17H26N4O.2ClH/c1-13(2)10-17(3,11-18)20-16(22)8-9-21-12-19-14-6-4-5-7-15(14)21;;/h4-7,12-13H,8-11,18H2,1-3H3,(H,20,22);2*1H. The van der Waals surface area contributed by atoms with Crippen LogP contribution in [0.25, 0.3) is 11.0 Å². The van der Waals surface area contributed by atoms with Crippen molar-refractivity contribution in [3.05, 3.63) is 30.6 Å². The second-order valence-corrected chi connectivity index (χ2v) is 6.59. The van der Waals surface area contributed by atoms with E-state index in [0.29, 0.717) is 25.4 Å². The fraction of sp³-hybridized carbons (Fsp3) is 0.529. The lowest BCUT2D eigenvalue weighted by Gasteiger charge is -2.31. The Kier molecular flexibility index (Phi) is 9.33. The van der Waals surface area contributed by atoms with Crippen molar-refractivity contribution in [2.75, 3.05) is 6.54 Å². The van der Waals surface area contributed by atoms with Crippen LogP contribution in [0, 0.1) is 5.92 Å². The molecule has 0 bridgehead atoms. The molecule has 2 aromatic rings. The molecule has 1 amide bonds. The molecule has 136 valence electrons. The number of hydrogen-bond acceptors (Lipinski definition) is 3. The van der Waals surface area contributed by atoms with Gasteiger partial charge < -0.3 is 15.6 Å². The van der Waals surface area contributed by atoms with Gasteiger partial charge in [0.15, 0.2) is 0 Å². The van der Waals surface area contributed by atoms with Gasteiger partial charge in [-0.25, -0.2) is 4.98 Å². The van der Waals surface area contributed by atoms with Gasteiger partial charge in [-0.3, -0.25) is 4.79 Å². The van der Waals surface area contributed by atoms with Crippen LogP contribution in [0.3, 0.4) is 0 Å². The number of aryl methyl sites for hydroxylation is 1. The van der Waals surface area contributed by atoms with Crippen molar-refractivity contribution in [2.24, 2.45) is 11.7 Å². The van der Waals surface area contributed by atoms with Crippen molar-refractivity contribution in [3.8, 4) is 0 Å². The third-order valence-electron chi connectivity index (χ3n) is 3.86. The topological polar surface area (TPSA) is 72.9 Å². The number of hydrogen-bond donors (Lipinski definition) is 2. The molecule has 1 heterocycles. The van der Waals surface area contributed by atoms with Crippen molar-refractivity contribution in [3.63, 3.8) is 0 Å². The van der Waals surface area contributed by atoms with Gasteiger partial charge in [0.25, 0.3) is 0 Å². The summed E-state index contributed by atoms with van der Waals surface area (Å²) in [6, 6.07) is 7.93. The Labute approximate surface area is 156 Å². The van der Waals surface area contributed by atoms with E-state index in [1.54, 1.807) is 6.33 Å². The smallest absolute Gasteiger partial charge is 0.222 e. The van der Waals surface area contributed by atoms with E-state index >= 15 is 0 Å². The van der Waals surface area contributed by atoms with Gasteiger partial charge >= 0.3 is 0 Å². The maximum atomic E-state index is 12.2. The Morgan fingerprint density at radius 2 is 2.00 bits per heavy atom. The number of benzene rings is 1. The van der Waals surface area contributed by atoms with Crippen LogP contribution in [0.15, 0.2) is 30.6 Å². The molecule has 0 fully saturated rings. The van der Waals surface area contributed by atoms with E-state index in [0.717, 1.165) is 17.5 Å². The number of carbonyl (C=O) groups excluding carboxylic acids is 1. The van der Waals surface area contributed by atoms with Crippen LogP contribution in [0.2, 0.25) is 0 Å². The highest BCUT2D eigenvalue weighted by Gasteiger charge is 2.25. The molecule has 5 nitrogen and oxygen atoms in total. The number of para-hydroxylation sites is 2. The summed E-state index contributed by atoms with van der Waals surface area (Å²) < 4.78 is 2.01. The molecule has 0 saturated heterocycles. The molecule has 0 radical (unpaired) electrons. The van der Waals surface area contributed by atoms with Gasteiger partial charge in [0.2, 0.25) is 5.91 Å². The lowest BCUT2D eigenvalue weighted by Crippen LogP contribution is -2.52. The molecular weight excluding hydrogens is 347 g/mol. The van der Waals surface area contributed by atoms with Gasteiger partial charge in [-0.05, 0) is 31.4 Å². The van der Waals surface area contributed by atoms with Gasteiger partial charge in [-0.1, -0.05) is 26.0 Å². The van der Waals surface area contributed by atoms with E-state index in [-0.39, 0.29) is 36.3 Å². The first-order valence-corrected chi connectivity index (χ1v) is 7.84. The average Bonchev–Trinajstić information content (AvgIpc) is 2.87. The minimum Gasteiger partial charge on any atom is -0.350 e. The van der Waals surface area contributed by atoms with Crippen LogP contribution in [0.4, 0.5) is 0 Å². The number of nitrogens with two attached hydrogens (primary N) is 1.